The summed E-state index contributed by atoms with van der Waals surface area (Å²) in [6, 6.07) is 5.25. The Balaban J connectivity index is 0.000000218. The highest BCUT2D eigenvalue weighted by atomic mass is 16.7. The van der Waals surface area contributed by atoms with Crippen molar-refractivity contribution in [3.05, 3.63) is 57.7 Å². The lowest BCUT2D eigenvalue weighted by molar-refractivity contribution is -0.384. The smallest absolute Gasteiger partial charge is 0.428 e. The SMILES string of the molecule is CO[C@@H]1[C@H](O)CC[C@]2(CO2)[C@H]1[C@]1(C)O[C@@H]1CC=C(C)C.CO[C@@H]1[C@H](OC(=O)Oc2ccc([N+](=O)[O-])cc2)CC[C@]2(CO2)[C@H]1[C@]1(C)O[C@@H]1CC=C(C)C.[2H][2H]. The number of non-ortho nitro benzene ring substituents is 1. The first-order valence-corrected chi connectivity index (χ1v) is 18.4. The van der Waals surface area contributed by atoms with Gasteiger partial charge in [-0.1, -0.05) is 23.3 Å². The molecule has 0 radical (unpaired) electrons. The van der Waals surface area contributed by atoms with Crippen molar-refractivity contribution in [1.29, 1.82) is 0 Å². The number of nitro benzene ring substituents is 1. The quantitative estimate of drug-likeness (QED) is 0.0657. The molecule has 2 spiro atoms. The molecule has 2 aliphatic carbocycles. The van der Waals surface area contributed by atoms with Crippen LogP contribution in [0, 0.1) is 22.0 Å². The van der Waals surface area contributed by atoms with Gasteiger partial charge in [0, 0.05) is 29.3 Å². The van der Waals surface area contributed by atoms with Gasteiger partial charge in [-0.25, -0.2) is 4.79 Å². The standard InChI is InChI=1S/C23H29NO8.C16H26O4.H2/c1-14(2)5-10-18-22(3,32-18)20-19(28-4)17(11-12-23(20)13-29-23)31-21(25)30-16-8-6-15(7-9-16)24(26)27;1-10(2)5-6-12-15(3,20-12)14-13(18-4)11(17)7-8-16(14)9-19-16;/h5-9,17-20H,10-13H2,1-4H3;5,11-14,17H,6-9H2,1-4H3;1H/t17-,18-,19-,20-,22-,23+;11-,12-,13-,14-,15-,16+;/m11./s1/i;;1+1D. The molecule has 1 N–H and O–H groups in total. The minimum Gasteiger partial charge on any atom is -0.428 e. The van der Waals surface area contributed by atoms with Crippen LogP contribution in [0.1, 0.15) is 83.0 Å². The summed E-state index contributed by atoms with van der Waals surface area (Å²) < 4.78 is 56.2. The van der Waals surface area contributed by atoms with Crippen molar-refractivity contribution >= 4 is 11.8 Å². The third kappa shape index (κ3) is 7.82. The topological polar surface area (TPSA) is 167 Å². The van der Waals surface area contributed by atoms with Crippen molar-refractivity contribution in [2.24, 2.45) is 11.8 Å². The maximum absolute atomic E-state index is 12.4. The van der Waals surface area contributed by atoms with Gasteiger partial charge in [-0.3, -0.25) is 10.1 Å². The fourth-order valence-electron chi connectivity index (χ4n) is 8.91. The molecule has 52 heavy (non-hydrogen) atoms. The zero-order valence-corrected chi connectivity index (χ0v) is 31.6. The van der Waals surface area contributed by atoms with Crippen molar-refractivity contribution in [1.82, 2.24) is 0 Å². The van der Waals surface area contributed by atoms with Gasteiger partial charge in [0.2, 0.25) is 0 Å². The summed E-state index contributed by atoms with van der Waals surface area (Å²) >= 11 is 0. The minimum atomic E-state index is -0.875. The van der Waals surface area contributed by atoms with E-state index in [0.717, 1.165) is 38.7 Å². The van der Waals surface area contributed by atoms with E-state index < -0.39 is 35.0 Å². The number of carbonyl (C=O) groups excluding carboxylic acids is 1. The van der Waals surface area contributed by atoms with Gasteiger partial charge in [-0.2, -0.15) is 0 Å². The number of ether oxygens (including phenoxy) is 8. The molecular formula is C39H57NO12. The Bertz CT molecular complexity index is 1540. The van der Waals surface area contributed by atoms with Crippen LogP contribution in [0.4, 0.5) is 10.5 Å². The van der Waals surface area contributed by atoms with Crippen LogP contribution in [-0.4, -0.2) is 103 Å². The molecule has 0 bridgehead atoms. The highest BCUT2D eigenvalue weighted by molar-refractivity contribution is 5.64. The summed E-state index contributed by atoms with van der Waals surface area (Å²) in [7, 11) is 3.28. The van der Waals surface area contributed by atoms with Gasteiger partial charge in [0.15, 0.2) is 0 Å². The number of nitro groups is 1. The van der Waals surface area contributed by atoms with E-state index in [4.69, 9.17) is 40.9 Å². The molecule has 12 atom stereocenters. The van der Waals surface area contributed by atoms with Crippen molar-refractivity contribution < 1.29 is 55.7 Å². The van der Waals surface area contributed by atoms with Crippen LogP contribution in [0.5, 0.6) is 5.75 Å². The zero-order chi connectivity index (χ0) is 39.6. The molecule has 4 aliphatic heterocycles. The Morgan fingerprint density at radius 2 is 1.38 bits per heavy atom. The molecule has 4 heterocycles. The number of hydrogen-bond donors (Lipinski definition) is 1. The highest BCUT2D eigenvalue weighted by Crippen LogP contribution is 2.61. The van der Waals surface area contributed by atoms with Crippen LogP contribution in [-0.2, 0) is 33.2 Å². The van der Waals surface area contributed by atoms with E-state index in [1.807, 2.05) is 0 Å². The van der Waals surface area contributed by atoms with Crippen molar-refractivity contribution in [3.8, 4) is 5.75 Å². The summed E-state index contributed by atoms with van der Waals surface area (Å²) in [6.07, 6.45) is 6.99. The molecule has 6 fully saturated rings. The second-order valence-electron chi connectivity index (χ2n) is 16.1. The van der Waals surface area contributed by atoms with Gasteiger partial charge in [0.25, 0.3) is 5.69 Å². The van der Waals surface area contributed by atoms with Crippen LogP contribution in [0.25, 0.3) is 0 Å². The molecule has 290 valence electrons. The van der Waals surface area contributed by atoms with E-state index in [1.54, 1.807) is 14.2 Å². The fraction of sp³-hybridized carbons (Fsp3) is 0.718. The Morgan fingerprint density at radius 1 is 0.904 bits per heavy atom. The summed E-state index contributed by atoms with van der Waals surface area (Å²) in [4.78, 5) is 22.7. The number of epoxide rings is 4. The first-order chi connectivity index (χ1) is 25.6. The number of aliphatic hydroxyl groups excluding tert-OH is 1. The lowest BCUT2D eigenvalue weighted by Crippen LogP contribution is -2.55. The van der Waals surface area contributed by atoms with Gasteiger partial charge in [0.1, 0.15) is 34.8 Å². The van der Waals surface area contributed by atoms with Crippen molar-refractivity contribution in [2.45, 2.75) is 139 Å². The van der Waals surface area contributed by atoms with Gasteiger partial charge in [-0.15, -0.1) is 0 Å². The monoisotopic (exact) mass is 733 g/mol. The largest absolute Gasteiger partial charge is 0.514 e. The first kappa shape index (κ1) is 37.4. The van der Waals surface area contributed by atoms with Crippen LogP contribution < -0.4 is 4.74 Å². The molecule has 6 aliphatic rings. The molecule has 2 saturated carbocycles. The number of carbonyl (C=O) groups is 1. The Labute approximate surface area is 309 Å². The number of rotatable bonds is 11. The normalized spacial score (nSPS) is 41.0. The molecule has 13 nitrogen and oxygen atoms in total. The molecule has 0 amide bonds. The van der Waals surface area contributed by atoms with E-state index >= 15 is 0 Å². The average molecular weight is 734 g/mol. The van der Waals surface area contributed by atoms with Gasteiger partial charge in [0.05, 0.1) is 60.0 Å². The Hall–Kier alpha value is -2.91. The van der Waals surface area contributed by atoms with Gasteiger partial charge < -0.3 is 43.0 Å². The predicted molar refractivity (Wildman–Crippen MR) is 191 cm³/mol. The lowest BCUT2D eigenvalue weighted by Gasteiger charge is -2.42. The van der Waals surface area contributed by atoms with E-state index in [2.05, 4.69) is 53.7 Å². The molecule has 13 heteroatoms. The number of allylic oxidation sites excluding steroid dienone is 2. The summed E-state index contributed by atoms with van der Waals surface area (Å²) in [5.74, 6) is 0.212. The maximum atomic E-state index is 12.4. The van der Waals surface area contributed by atoms with Crippen LogP contribution in [0.15, 0.2) is 47.6 Å². The molecular weight excluding hydrogens is 674 g/mol. The molecule has 4 saturated heterocycles. The third-order valence-corrected chi connectivity index (χ3v) is 12.0. The Kier molecular flexibility index (Phi) is 10.6. The second kappa shape index (κ2) is 14.7. The van der Waals surface area contributed by atoms with E-state index in [0.29, 0.717) is 13.0 Å². The average Bonchev–Trinajstić information content (AvgIpc) is 4.01. The predicted octanol–water partition coefficient (Wildman–Crippen LogP) is 6.49. The summed E-state index contributed by atoms with van der Waals surface area (Å²) in [5.41, 5.74) is 1.38. The van der Waals surface area contributed by atoms with E-state index in [1.165, 1.54) is 35.4 Å². The summed E-state index contributed by atoms with van der Waals surface area (Å²) in [6.45, 7) is 14.0. The Morgan fingerprint density at radius 3 is 1.83 bits per heavy atom. The zero-order valence-electron chi connectivity index (χ0n) is 33.6. The van der Waals surface area contributed by atoms with Crippen molar-refractivity contribution in [2.75, 3.05) is 27.4 Å². The molecule has 7 rings (SSSR count). The molecule has 0 unspecified atom stereocenters. The van der Waals surface area contributed by atoms with E-state index in [9.17, 15) is 20.0 Å². The first-order valence-electron chi connectivity index (χ1n) is 19.4. The van der Waals surface area contributed by atoms with Crippen molar-refractivity contribution in [3.63, 3.8) is 0 Å². The van der Waals surface area contributed by atoms with Gasteiger partial charge >= 0.3 is 6.16 Å². The van der Waals surface area contributed by atoms with Crippen LogP contribution >= 0.6 is 0 Å². The molecule has 0 aromatic heterocycles. The molecule has 1 aromatic rings. The number of nitrogens with zero attached hydrogens (tertiary/aromatic N) is 1. The van der Waals surface area contributed by atoms with Crippen LogP contribution in [0.3, 0.4) is 0 Å². The highest BCUT2D eigenvalue weighted by Gasteiger charge is 2.73. The maximum Gasteiger partial charge on any atom is 0.514 e. The number of benzene rings is 1. The number of aliphatic hydroxyl groups is 1. The number of methoxy groups -OCH3 is 2. The molecule has 1 aromatic carbocycles. The van der Waals surface area contributed by atoms with Gasteiger partial charge in [-0.05, 0) is 92.2 Å². The van der Waals surface area contributed by atoms with E-state index in [-0.39, 0.29) is 58.4 Å². The third-order valence-electron chi connectivity index (χ3n) is 12.0. The van der Waals surface area contributed by atoms with Crippen LogP contribution in [0.2, 0.25) is 0 Å². The second-order valence-corrected chi connectivity index (χ2v) is 16.1. The number of hydrogen-bond acceptors (Lipinski definition) is 12. The minimum absolute atomic E-state index is 0.0620. The fourth-order valence-corrected chi connectivity index (χ4v) is 8.91. The summed E-state index contributed by atoms with van der Waals surface area (Å²) in [5, 5.41) is 21.0. The lowest BCUT2D eigenvalue weighted by atomic mass is 9.68.